The van der Waals surface area contributed by atoms with Crippen LogP contribution in [0.1, 0.15) is 67.0 Å². The molecule has 1 unspecified atom stereocenters. The number of amides is 1. The van der Waals surface area contributed by atoms with Crippen LogP contribution in [-0.2, 0) is 4.74 Å². The summed E-state index contributed by atoms with van der Waals surface area (Å²) in [6, 6.07) is 0. The van der Waals surface area contributed by atoms with E-state index in [1.54, 1.807) is 12.4 Å². The van der Waals surface area contributed by atoms with E-state index >= 15 is 0 Å². The maximum Gasteiger partial charge on any atom is 0.256 e. The van der Waals surface area contributed by atoms with Gasteiger partial charge in [-0.05, 0) is 44.9 Å². The zero-order valence-corrected chi connectivity index (χ0v) is 13.0. The Kier molecular flexibility index (Phi) is 3.60. The van der Waals surface area contributed by atoms with Gasteiger partial charge < -0.3 is 9.64 Å². The highest BCUT2D eigenvalue weighted by molar-refractivity contribution is 5.93. The van der Waals surface area contributed by atoms with Crippen molar-refractivity contribution in [1.82, 2.24) is 14.9 Å². The minimum atomic E-state index is 0.0430. The summed E-state index contributed by atoms with van der Waals surface area (Å²) in [5.41, 5.74) is 0.661. The molecule has 1 aliphatic carbocycles. The van der Waals surface area contributed by atoms with Crippen molar-refractivity contribution < 1.29 is 9.53 Å². The highest BCUT2D eigenvalue weighted by atomic mass is 16.5. The fourth-order valence-corrected chi connectivity index (χ4v) is 3.70. The number of carbonyl (C=O) groups is 1. The fraction of sp³-hybridized carbons (Fsp3) is 0.706. The van der Waals surface area contributed by atoms with Gasteiger partial charge in [0.1, 0.15) is 5.82 Å². The lowest BCUT2D eigenvalue weighted by atomic mass is 9.92. The average Bonchev–Trinajstić information content (AvgIpc) is 3.32. The molecule has 5 heteroatoms. The second-order valence-electron chi connectivity index (χ2n) is 6.88. The molecule has 22 heavy (non-hydrogen) atoms. The lowest BCUT2D eigenvalue weighted by Crippen LogP contribution is -2.34. The Hall–Kier alpha value is -1.49. The molecule has 0 aromatic carbocycles. The van der Waals surface area contributed by atoms with Crippen molar-refractivity contribution in [2.24, 2.45) is 0 Å². The summed E-state index contributed by atoms with van der Waals surface area (Å²) in [6.45, 7) is 2.47. The van der Waals surface area contributed by atoms with Crippen molar-refractivity contribution in [3.63, 3.8) is 0 Å². The molecular formula is C17H23N3O2. The van der Waals surface area contributed by atoms with Crippen LogP contribution in [0.2, 0.25) is 0 Å². The van der Waals surface area contributed by atoms with Gasteiger partial charge in [0, 0.05) is 38.0 Å². The number of likely N-dealkylation sites (tertiary alicyclic amines) is 1. The molecule has 0 bridgehead atoms. The Morgan fingerprint density at radius 2 is 1.91 bits per heavy atom. The molecule has 3 aliphatic rings. The normalized spacial score (nSPS) is 28.8. The van der Waals surface area contributed by atoms with Crippen molar-refractivity contribution in [3.05, 3.63) is 23.8 Å². The molecule has 1 saturated carbocycles. The van der Waals surface area contributed by atoms with Gasteiger partial charge >= 0.3 is 0 Å². The number of ether oxygens (including phenoxy) is 1. The van der Waals surface area contributed by atoms with Crippen LogP contribution in [-0.4, -0.2) is 46.1 Å². The van der Waals surface area contributed by atoms with E-state index in [9.17, 15) is 4.79 Å². The van der Waals surface area contributed by atoms with Crippen LogP contribution in [0.3, 0.4) is 0 Å². The molecule has 2 saturated heterocycles. The number of carbonyl (C=O) groups excluding carboxylic acids is 1. The minimum Gasteiger partial charge on any atom is -0.375 e. The van der Waals surface area contributed by atoms with Gasteiger partial charge in [-0.15, -0.1) is 0 Å². The first-order valence-electron chi connectivity index (χ1n) is 8.51. The van der Waals surface area contributed by atoms with E-state index in [0.29, 0.717) is 11.5 Å². The van der Waals surface area contributed by atoms with Crippen LogP contribution in [0, 0.1) is 0 Å². The van der Waals surface area contributed by atoms with Gasteiger partial charge in [-0.1, -0.05) is 0 Å². The summed E-state index contributed by atoms with van der Waals surface area (Å²) in [5.74, 6) is 1.49. The van der Waals surface area contributed by atoms with E-state index in [-0.39, 0.29) is 11.5 Å². The number of hydrogen-bond acceptors (Lipinski definition) is 4. The molecule has 1 aromatic heterocycles. The molecule has 1 amide bonds. The summed E-state index contributed by atoms with van der Waals surface area (Å²) in [7, 11) is 0. The Morgan fingerprint density at radius 1 is 1.14 bits per heavy atom. The van der Waals surface area contributed by atoms with Crippen LogP contribution in [0.25, 0.3) is 0 Å². The third-order valence-corrected chi connectivity index (χ3v) is 5.23. The average molecular weight is 301 g/mol. The predicted octanol–water partition coefficient (Wildman–Crippen LogP) is 2.53. The standard InChI is InChI=1S/C17H23N3O2/c21-16(14-11-18-15(19-12-14)13-3-4-13)20-8-1-5-17(7-9-20)6-2-10-22-17/h11-13H,1-10H2. The summed E-state index contributed by atoms with van der Waals surface area (Å²) in [6.07, 6.45) is 11.1. The quantitative estimate of drug-likeness (QED) is 0.842. The number of nitrogens with zero attached hydrogens (tertiary/aromatic N) is 3. The zero-order chi connectivity index (χ0) is 15.0. The van der Waals surface area contributed by atoms with Crippen molar-refractivity contribution in [3.8, 4) is 0 Å². The van der Waals surface area contributed by atoms with Crippen molar-refractivity contribution in [1.29, 1.82) is 0 Å². The maximum absolute atomic E-state index is 12.7. The topological polar surface area (TPSA) is 55.3 Å². The molecule has 1 spiro atoms. The van der Waals surface area contributed by atoms with Gasteiger partial charge in [0.2, 0.25) is 0 Å². The highest BCUT2D eigenvalue weighted by Gasteiger charge is 2.37. The van der Waals surface area contributed by atoms with Crippen molar-refractivity contribution in [2.75, 3.05) is 19.7 Å². The minimum absolute atomic E-state index is 0.0430. The molecule has 0 radical (unpaired) electrons. The molecule has 118 valence electrons. The van der Waals surface area contributed by atoms with Gasteiger partial charge in [0.05, 0.1) is 11.2 Å². The highest BCUT2D eigenvalue weighted by Crippen LogP contribution is 2.38. The van der Waals surface area contributed by atoms with Gasteiger partial charge in [-0.3, -0.25) is 4.79 Å². The largest absolute Gasteiger partial charge is 0.375 e. The number of hydrogen-bond donors (Lipinski definition) is 0. The SMILES string of the molecule is O=C(c1cnc(C2CC2)nc1)N1CCCC2(CCCO2)CC1. The second kappa shape index (κ2) is 5.61. The monoisotopic (exact) mass is 301 g/mol. The first-order chi connectivity index (χ1) is 10.8. The molecular weight excluding hydrogens is 278 g/mol. The van der Waals surface area contributed by atoms with Crippen LogP contribution >= 0.6 is 0 Å². The van der Waals surface area contributed by atoms with E-state index < -0.39 is 0 Å². The van der Waals surface area contributed by atoms with Crippen molar-refractivity contribution >= 4 is 5.91 Å². The number of rotatable bonds is 2. The van der Waals surface area contributed by atoms with Gasteiger partial charge in [-0.2, -0.15) is 0 Å². The Morgan fingerprint density at radius 3 is 2.59 bits per heavy atom. The first kappa shape index (κ1) is 14.1. The maximum atomic E-state index is 12.7. The Labute approximate surface area is 131 Å². The van der Waals surface area contributed by atoms with E-state index in [0.717, 1.165) is 57.6 Å². The molecule has 4 rings (SSSR count). The summed E-state index contributed by atoms with van der Waals surface area (Å²) >= 11 is 0. The fourth-order valence-electron chi connectivity index (χ4n) is 3.70. The lowest BCUT2D eigenvalue weighted by Gasteiger charge is -2.26. The number of aromatic nitrogens is 2. The predicted molar refractivity (Wildman–Crippen MR) is 81.7 cm³/mol. The second-order valence-corrected chi connectivity index (χ2v) is 6.88. The van der Waals surface area contributed by atoms with E-state index in [1.165, 1.54) is 12.8 Å². The molecule has 5 nitrogen and oxygen atoms in total. The van der Waals surface area contributed by atoms with Gasteiger partial charge in [0.15, 0.2) is 0 Å². The Balaban J connectivity index is 1.43. The molecule has 1 aromatic rings. The molecule has 1 atom stereocenters. The molecule has 3 fully saturated rings. The smallest absolute Gasteiger partial charge is 0.256 e. The Bertz CT molecular complexity index is 548. The van der Waals surface area contributed by atoms with Crippen LogP contribution in [0.15, 0.2) is 12.4 Å². The molecule has 2 aliphatic heterocycles. The third-order valence-electron chi connectivity index (χ3n) is 5.23. The van der Waals surface area contributed by atoms with E-state index in [1.807, 2.05) is 4.90 Å². The lowest BCUT2D eigenvalue weighted by molar-refractivity contribution is -0.00691. The van der Waals surface area contributed by atoms with Crippen LogP contribution < -0.4 is 0 Å². The summed E-state index contributed by atoms with van der Waals surface area (Å²) in [5, 5.41) is 0. The van der Waals surface area contributed by atoms with Crippen molar-refractivity contribution in [2.45, 2.75) is 56.5 Å². The zero-order valence-electron chi connectivity index (χ0n) is 13.0. The molecule has 0 N–H and O–H groups in total. The molecule has 3 heterocycles. The van der Waals surface area contributed by atoms with Crippen LogP contribution in [0.4, 0.5) is 0 Å². The van der Waals surface area contributed by atoms with Crippen LogP contribution in [0.5, 0.6) is 0 Å². The summed E-state index contributed by atoms with van der Waals surface area (Å²) in [4.78, 5) is 23.3. The van der Waals surface area contributed by atoms with E-state index in [2.05, 4.69) is 9.97 Å². The van der Waals surface area contributed by atoms with Gasteiger partial charge in [-0.25, -0.2) is 9.97 Å². The third kappa shape index (κ3) is 2.74. The van der Waals surface area contributed by atoms with Gasteiger partial charge in [0.25, 0.3) is 5.91 Å². The first-order valence-corrected chi connectivity index (χ1v) is 8.51. The summed E-state index contributed by atoms with van der Waals surface area (Å²) < 4.78 is 5.98. The van der Waals surface area contributed by atoms with E-state index in [4.69, 9.17) is 4.74 Å².